The summed E-state index contributed by atoms with van der Waals surface area (Å²) >= 11 is 3.06. The molecule has 4 rings (SSSR count). The Labute approximate surface area is 178 Å². The van der Waals surface area contributed by atoms with Crippen LogP contribution in [0.2, 0.25) is 0 Å². The highest BCUT2D eigenvalue weighted by Gasteiger charge is 2.29. The van der Waals surface area contributed by atoms with Gasteiger partial charge in [-0.25, -0.2) is 13.4 Å². The molecule has 0 saturated carbocycles. The van der Waals surface area contributed by atoms with Gasteiger partial charge in [0.2, 0.25) is 10.0 Å². The molecule has 152 valence electrons. The molecule has 1 N–H and O–H groups in total. The molecule has 1 aromatic carbocycles. The zero-order valence-corrected chi connectivity index (χ0v) is 18.1. The number of rotatable bonds is 6. The number of amides is 1. The molecule has 9 heteroatoms. The Hall–Kier alpha value is -2.07. The fraction of sp³-hybridized carbons (Fsp3) is 0.300. The van der Waals surface area contributed by atoms with Gasteiger partial charge in [-0.05, 0) is 42.3 Å². The van der Waals surface area contributed by atoms with Crippen molar-refractivity contribution >= 4 is 38.6 Å². The minimum atomic E-state index is -3.44. The molecular weight excluding hydrogens is 426 g/mol. The highest BCUT2D eigenvalue weighted by Crippen LogP contribution is 2.26. The fourth-order valence-electron chi connectivity index (χ4n) is 3.32. The SMILES string of the molecule is O=C(NCC1CCN(S(=O)(=O)c2ccccc2)CC1)c1csc(-c2ccsc2)n1. The van der Waals surface area contributed by atoms with Gasteiger partial charge >= 0.3 is 0 Å². The number of carbonyl (C=O) groups is 1. The molecule has 1 aliphatic rings. The van der Waals surface area contributed by atoms with Crippen molar-refractivity contribution in [1.29, 1.82) is 0 Å². The molecule has 6 nitrogen and oxygen atoms in total. The van der Waals surface area contributed by atoms with E-state index in [-0.39, 0.29) is 11.8 Å². The van der Waals surface area contributed by atoms with Crippen LogP contribution in [-0.4, -0.2) is 43.2 Å². The lowest BCUT2D eigenvalue weighted by Crippen LogP contribution is -2.41. The molecule has 3 aromatic rings. The quantitative estimate of drug-likeness (QED) is 0.625. The number of thiazole rings is 1. The van der Waals surface area contributed by atoms with E-state index in [9.17, 15) is 13.2 Å². The molecule has 3 heterocycles. The molecule has 2 aromatic heterocycles. The summed E-state index contributed by atoms with van der Waals surface area (Å²) in [5.41, 5.74) is 1.46. The summed E-state index contributed by atoms with van der Waals surface area (Å²) in [7, 11) is -3.44. The Morgan fingerprint density at radius 1 is 1.14 bits per heavy atom. The summed E-state index contributed by atoms with van der Waals surface area (Å²) in [6.07, 6.45) is 1.45. The predicted octanol–water partition coefficient (Wildman–Crippen LogP) is 3.70. The predicted molar refractivity (Wildman–Crippen MR) is 116 cm³/mol. The van der Waals surface area contributed by atoms with Crippen molar-refractivity contribution in [3.8, 4) is 10.6 Å². The molecule has 0 radical (unpaired) electrons. The number of nitrogens with zero attached hydrogens (tertiary/aromatic N) is 2. The van der Waals surface area contributed by atoms with Crippen LogP contribution < -0.4 is 5.32 Å². The highest BCUT2D eigenvalue weighted by molar-refractivity contribution is 7.89. The molecule has 0 atom stereocenters. The highest BCUT2D eigenvalue weighted by atomic mass is 32.2. The van der Waals surface area contributed by atoms with Crippen LogP contribution in [0.3, 0.4) is 0 Å². The van der Waals surface area contributed by atoms with Gasteiger partial charge < -0.3 is 5.32 Å². The average molecular weight is 448 g/mol. The number of nitrogens with one attached hydrogen (secondary N) is 1. The summed E-state index contributed by atoms with van der Waals surface area (Å²) in [4.78, 5) is 17.2. The lowest BCUT2D eigenvalue weighted by atomic mass is 9.98. The van der Waals surface area contributed by atoms with Crippen molar-refractivity contribution in [3.05, 3.63) is 58.2 Å². The first-order valence-corrected chi connectivity index (χ1v) is 12.6. The van der Waals surface area contributed by atoms with Gasteiger partial charge in [-0.3, -0.25) is 4.79 Å². The fourth-order valence-corrected chi connectivity index (χ4v) is 6.32. The van der Waals surface area contributed by atoms with Gasteiger partial charge in [0.15, 0.2) is 0 Å². The number of hydrogen-bond acceptors (Lipinski definition) is 6. The van der Waals surface area contributed by atoms with Gasteiger partial charge in [-0.15, -0.1) is 11.3 Å². The van der Waals surface area contributed by atoms with E-state index >= 15 is 0 Å². The number of thiophene rings is 1. The number of benzene rings is 1. The summed E-state index contributed by atoms with van der Waals surface area (Å²) in [5.74, 6) is 0.0817. The largest absolute Gasteiger partial charge is 0.350 e. The molecule has 0 aliphatic carbocycles. The minimum Gasteiger partial charge on any atom is -0.350 e. The second-order valence-electron chi connectivity index (χ2n) is 6.92. The molecule has 1 aliphatic heterocycles. The van der Waals surface area contributed by atoms with Crippen molar-refractivity contribution in [2.75, 3.05) is 19.6 Å². The minimum absolute atomic E-state index is 0.179. The second-order valence-corrected chi connectivity index (χ2v) is 10.5. The smallest absolute Gasteiger partial charge is 0.270 e. The first-order valence-electron chi connectivity index (χ1n) is 9.35. The first kappa shape index (κ1) is 20.2. The van der Waals surface area contributed by atoms with Gasteiger partial charge in [-0.2, -0.15) is 15.6 Å². The number of sulfonamides is 1. The summed E-state index contributed by atoms with van der Waals surface area (Å²) in [6.45, 7) is 1.47. The van der Waals surface area contributed by atoms with E-state index in [4.69, 9.17) is 0 Å². The Morgan fingerprint density at radius 3 is 2.59 bits per heavy atom. The normalized spacial score (nSPS) is 16.0. The van der Waals surface area contributed by atoms with Gasteiger partial charge in [0.1, 0.15) is 10.7 Å². The van der Waals surface area contributed by atoms with Gasteiger partial charge in [0.25, 0.3) is 5.91 Å². The van der Waals surface area contributed by atoms with Crippen LogP contribution in [0.5, 0.6) is 0 Å². The van der Waals surface area contributed by atoms with E-state index in [1.165, 1.54) is 15.6 Å². The third-order valence-corrected chi connectivity index (χ3v) is 8.50. The Morgan fingerprint density at radius 2 is 1.90 bits per heavy atom. The summed E-state index contributed by atoms with van der Waals surface area (Å²) < 4.78 is 26.9. The van der Waals surface area contributed by atoms with E-state index in [0.717, 1.165) is 23.4 Å². The van der Waals surface area contributed by atoms with Gasteiger partial charge in [-0.1, -0.05) is 18.2 Å². The molecular formula is C20H21N3O3S3. The topological polar surface area (TPSA) is 79.4 Å². The number of piperidine rings is 1. The molecule has 29 heavy (non-hydrogen) atoms. The van der Waals surface area contributed by atoms with E-state index < -0.39 is 10.0 Å². The Balaban J connectivity index is 1.29. The molecule has 1 saturated heterocycles. The van der Waals surface area contributed by atoms with Gasteiger partial charge in [0, 0.05) is 36.0 Å². The maximum absolute atomic E-state index is 12.7. The third kappa shape index (κ3) is 4.58. The Kier molecular flexibility index (Phi) is 6.09. The number of carbonyl (C=O) groups excluding carboxylic acids is 1. The standard InChI is InChI=1S/C20H21N3O3S3/c24-19(18-14-28-20(22-18)16-8-11-27-13-16)21-12-15-6-9-23(10-7-15)29(25,26)17-4-2-1-3-5-17/h1-5,8,11,13-15H,6-7,9-10,12H2,(H,21,24). The van der Waals surface area contributed by atoms with E-state index in [1.807, 2.05) is 16.8 Å². The number of hydrogen-bond donors (Lipinski definition) is 1. The summed E-state index contributed by atoms with van der Waals surface area (Å²) in [6, 6.07) is 10.5. The zero-order chi connectivity index (χ0) is 20.3. The van der Waals surface area contributed by atoms with Crippen LogP contribution in [0, 0.1) is 5.92 Å². The van der Waals surface area contributed by atoms with E-state index in [0.29, 0.717) is 30.2 Å². The van der Waals surface area contributed by atoms with Crippen LogP contribution in [0.25, 0.3) is 10.6 Å². The van der Waals surface area contributed by atoms with Crippen LogP contribution in [0.15, 0.2) is 57.4 Å². The van der Waals surface area contributed by atoms with E-state index in [1.54, 1.807) is 47.0 Å². The zero-order valence-electron chi connectivity index (χ0n) is 15.7. The molecule has 1 fully saturated rings. The average Bonchev–Trinajstić information content (AvgIpc) is 3.45. The Bertz CT molecular complexity index is 1050. The maximum atomic E-state index is 12.7. The van der Waals surface area contributed by atoms with Crippen LogP contribution in [-0.2, 0) is 10.0 Å². The van der Waals surface area contributed by atoms with Crippen LogP contribution in [0.4, 0.5) is 0 Å². The van der Waals surface area contributed by atoms with Crippen molar-refractivity contribution in [1.82, 2.24) is 14.6 Å². The van der Waals surface area contributed by atoms with Crippen molar-refractivity contribution in [2.24, 2.45) is 5.92 Å². The number of aromatic nitrogens is 1. The van der Waals surface area contributed by atoms with Crippen molar-refractivity contribution in [2.45, 2.75) is 17.7 Å². The first-order chi connectivity index (χ1) is 14.0. The summed E-state index contributed by atoms with van der Waals surface area (Å²) in [5, 5.41) is 9.57. The van der Waals surface area contributed by atoms with Crippen LogP contribution in [0.1, 0.15) is 23.3 Å². The van der Waals surface area contributed by atoms with Crippen molar-refractivity contribution in [3.63, 3.8) is 0 Å². The maximum Gasteiger partial charge on any atom is 0.270 e. The molecule has 0 bridgehead atoms. The molecule has 0 unspecified atom stereocenters. The van der Waals surface area contributed by atoms with E-state index in [2.05, 4.69) is 10.3 Å². The lowest BCUT2D eigenvalue weighted by molar-refractivity contribution is 0.0937. The third-order valence-electron chi connectivity index (χ3n) is 5.01. The van der Waals surface area contributed by atoms with Gasteiger partial charge in [0.05, 0.1) is 4.90 Å². The molecule has 1 amide bonds. The van der Waals surface area contributed by atoms with Crippen LogP contribution >= 0.6 is 22.7 Å². The molecule has 0 spiro atoms. The lowest BCUT2D eigenvalue weighted by Gasteiger charge is -2.31. The second kappa shape index (κ2) is 8.74. The van der Waals surface area contributed by atoms with Crippen molar-refractivity contribution < 1.29 is 13.2 Å². The monoisotopic (exact) mass is 447 g/mol.